The van der Waals surface area contributed by atoms with Crippen molar-refractivity contribution in [1.29, 1.82) is 0 Å². The molecule has 0 aromatic heterocycles. The third kappa shape index (κ3) is 3.32. The standard InChI is InChI=1S/C15H21N3O3/c1-11-5-4-8-17(10-11)15(19)12-6-7-13(16(2)3)14(9-12)18(20)21/h6-7,9,11H,4-5,8,10H2,1-3H3/t11-/m1/s1. The first-order chi connectivity index (χ1) is 9.90. The number of hydrogen-bond donors (Lipinski definition) is 0. The smallest absolute Gasteiger partial charge is 0.293 e. The molecule has 1 aliphatic rings. The number of anilines is 1. The Morgan fingerprint density at radius 3 is 2.71 bits per heavy atom. The van der Waals surface area contributed by atoms with Crippen LogP contribution in [-0.2, 0) is 0 Å². The largest absolute Gasteiger partial charge is 0.372 e. The molecule has 0 radical (unpaired) electrons. The van der Waals surface area contributed by atoms with Crippen molar-refractivity contribution in [3.05, 3.63) is 33.9 Å². The molecule has 1 saturated heterocycles. The number of piperidine rings is 1. The molecule has 2 rings (SSSR count). The molecule has 0 aliphatic carbocycles. The van der Waals surface area contributed by atoms with Crippen LogP contribution in [0.3, 0.4) is 0 Å². The maximum atomic E-state index is 12.5. The Hall–Kier alpha value is -2.11. The van der Waals surface area contributed by atoms with Gasteiger partial charge in [-0.3, -0.25) is 14.9 Å². The molecule has 0 spiro atoms. The van der Waals surface area contributed by atoms with Crippen LogP contribution in [-0.4, -0.2) is 42.9 Å². The lowest BCUT2D eigenvalue weighted by Gasteiger charge is -2.31. The number of carbonyl (C=O) groups excluding carboxylic acids is 1. The summed E-state index contributed by atoms with van der Waals surface area (Å²) in [7, 11) is 3.49. The van der Waals surface area contributed by atoms with Crippen LogP contribution in [0.25, 0.3) is 0 Å². The number of rotatable bonds is 3. The zero-order valence-corrected chi connectivity index (χ0v) is 12.7. The summed E-state index contributed by atoms with van der Waals surface area (Å²) in [5.74, 6) is 0.369. The third-order valence-corrected chi connectivity index (χ3v) is 3.85. The summed E-state index contributed by atoms with van der Waals surface area (Å²) < 4.78 is 0. The van der Waals surface area contributed by atoms with Crippen molar-refractivity contribution >= 4 is 17.3 Å². The maximum absolute atomic E-state index is 12.5. The van der Waals surface area contributed by atoms with Gasteiger partial charge in [0, 0.05) is 38.8 Å². The van der Waals surface area contributed by atoms with Crippen LogP contribution < -0.4 is 4.90 Å². The molecular weight excluding hydrogens is 270 g/mol. The summed E-state index contributed by atoms with van der Waals surface area (Å²) in [5.41, 5.74) is 0.862. The zero-order valence-electron chi connectivity index (χ0n) is 12.7. The van der Waals surface area contributed by atoms with Crippen LogP contribution in [0.2, 0.25) is 0 Å². The van der Waals surface area contributed by atoms with Crippen molar-refractivity contribution in [2.24, 2.45) is 5.92 Å². The number of hydrogen-bond acceptors (Lipinski definition) is 4. The molecule has 0 saturated carbocycles. The van der Waals surface area contributed by atoms with Crippen molar-refractivity contribution in [1.82, 2.24) is 4.90 Å². The quantitative estimate of drug-likeness (QED) is 0.634. The van der Waals surface area contributed by atoms with Gasteiger partial charge in [0.2, 0.25) is 0 Å². The van der Waals surface area contributed by atoms with Crippen molar-refractivity contribution in [2.75, 3.05) is 32.1 Å². The van der Waals surface area contributed by atoms with E-state index in [2.05, 4.69) is 6.92 Å². The normalized spacial score (nSPS) is 18.4. The van der Waals surface area contributed by atoms with Crippen molar-refractivity contribution in [3.8, 4) is 0 Å². The number of nitro groups is 1. The maximum Gasteiger partial charge on any atom is 0.293 e. The van der Waals surface area contributed by atoms with Crippen LogP contribution in [0.15, 0.2) is 18.2 Å². The molecule has 1 atom stereocenters. The van der Waals surface area contributed by atoms with Crippen molar-refractivity contribution in [3.63, 3.8) is 0 Å². The first-order valence-corrected chi connectivity index (χ1v) is 7.15. The van der Waals surface area contributed by atoms with Crippen LogP contribution in [0.1, 0.15) is 30.1 Å². The van der Waals surface area contributed by atoms with E-state index >= 15 is 0 Å². The van der Waals surface area contributed by atoms with Crippen molar-refractivity contribution in [2.45, 2.75) is 19.8 Å². The lowest BCUT2D eigenvalue weighted by atomic mass is 9.99. The van der Waals surface area contributed by atoms with E-state index in [-0.39, 0.29) is 11.6 Å². The van der Waals surface area contributed by atoms with Crippen LogP contribution in [0.4, 0.5) is 11.4 Å². The van der Waals surface area contributed by atoms with E-state index in [9.17, 15) is 14.9 Å². The zero-order chi connectivity index (χ0) is 15.6. The van der Waals surface area contributed by atoms with Gasteiger partial charge in [-0.1, -0.05) is 6.92 Å². The van der Waals surface area contributed by atoms with Crippen LogP contribution >= 0.6 is 0 Å². The lowest BCUT2D eigenvalue weighted by Crippen LogP contribution is -2.39. The fourth-order valence-corrected chi connectivity index (χ4v) is 2.74. The fraction of sp³-hybridized carbons (Fsp3) is 0.533. The number of nitro benzene ring substituents is 1. The van der Waals surface area contributed by atoms with E-state index in [1.165, 1.54) is 6.07 Å². The first-order valence-electron chi connectivity index (χ1n) is 7.15. The molecule has 21 heavy (non-hydrogen) atoms. The fourth-order valence-electron chi connectivity index (χ4n) is 2.74. The van der Waals surface area contributed by atoms with Gasteiger partial charge in [-0.15, -0.1) is 0 Å². The summed E-state index contributed by atoms with van der Waals surface area (Å²) in [6.45, 7) is 3.57. The van der Waals surface area contributed by atoms with Crippen LogP contribution in [0.5, 0.6) is 0 Å². The Morgan fingerprint density at radius 2 is 2.14 bits per heavy atom. The van der Waals surface area contributed by atoms with E-state index in [4.69, 9.17) is 0 Å². The van der Waals surface area contributed by atoms with E-state index in [0.29, 0.717) is 17.2 Å². The topological polar surface area (TPSA) is 66.7 Å². The Morgan fingerprint density at radius 1 is 1.43 bits per heavy atom. The Bertz CT molecular complexity index is 557. The molecule has 0 N–H and O–H groups in total. The van der Waals surface area contributed by atoms with Gasteiger partial charge in [0.05, 0.1) is 4.92 Å². The monoisotopic (exact) mass is 291 g/mol. The van der Waals surface area contributed by atoms with E-state index in [0.717, 1.165) is 25.9 Å². The molecular formula is C15H21N3O3. The van der Waals surface area contributed by atoms with Crippen molar-refractivity contribution < 1.29 is 9.72 Å². The van der Waals surface area contributed by atoms with Gasteiger partial charge in [0.25, 0.3) is 11.6 Å². The van der Waals surface area contributed by atoms with Gasteiger partial charge >= 0.3 is 0 Å². The number of likely N-dealkylation sites (tertiary alicyclic amines) is 1. The number of carbonyl (C=O) groups is 1. The molecule has 6 heteroatoms. The summed E-state index contributed by atoms with van der Waals surface area (Å²) in [6.07, 6.45) is 2.12. The second kappa shape index (κ2) is 6.11. The number of amides is 1. The molecule has 0 unspecified atom stereocenters. The van der Waals surface area contributed by atoms with Gasteiger partial charge in [-0.25, -0.2) is 0 Å². The second-order valence-electron chi connectivity index (χ2n) is 5.85. The minimum Gasteiger partial charge on any atom is -0.372 e. The molecule has 1 aromatic carbocycles. The highest BCUT2D eigenvalue weighted by Gasteiger charge is 2.25. The second-order valence-corrected chi connectivity index (χ2v) is 5.85. The molecule has 1 aliphatic heterocycles. The van der Waals surface area contributed by atoms with Gasteiger partial charge in [0.1, 0.15) is 5.69 Å². The molecule has 114 valence electrons. The summed E-state index contributed by atoms with van der Waals surface area (Å²) in [6, 6.07) is 4.69. The average molecular weight is 291 g/mol. The number of benzene rings is 1. The van der Waals surface area contributed by atoms with Crippen LogP contribution in [0, 0.1) is 16.0 Å². The minimum absolute atomic E-state index is 0.0316. The van der Waals surface area contributed by atoms with Gasteiger partial charge in [-0.05, 0) is 30.9 Å². The summed E-state index contributed by atoms with van der Waals surface area (Å²) in [5, 5.41) is 11.2. The highest BCUT2D eigenvalue weighted by molar-refractivity contribution is 5.95. The molecule has 1 aromatic rings. The minimum atomic E-state index is -0.440. The average Bonchev–Trinajstić information content (AvgIpc) is 2.45. The Balaban J connectivity index is 2.29. The van der Waals surface area contributed by atoms with Gasteiger partial charge < -0.3 is 9.80 Å². The summed E-state index contributed by atoms with van der Waals surface area (Å²) >= 11 is 0. The predicted octanol–water partition coefficient (Wildman–Crippen LogP) is 2.53. The molecule has 0 bridgehead atoms. The van der Waals surface area contributed by atoms with Gasteiger partial charge in [0.15, 0.2) is 0 Å². The first kappa shape index (κ1) is 15.3. The highest BCUT2D eigenvalue weighted by Crippen LogP contribution is 2.28. The summed E-state index contributed by atoms with van der Waals surface area (Å²) in [4.78, 5) is 26.7. The lowest BCUT2D eigenvalue weighted by molar-refractivity contribution is -0.384. The molecule has 1 fully saturated rings. The Labute approximate surface area is 124 Å². The third-order valence-electron chi connectivity index (χ3n) is 3.85. The highest BCUT2D eigenvalue weighted by atomic mass is 16.6. The predicted molar refractivity (Wildman–Crippen MR) is 81.7 cm³/mol. The molecule has 1 amide bonds. The van der Waals surface area contributed by atoms with E-state index in [1.54, 1.807) is 36.0 Å². The molecule has 1 heterocycles. The van der Waals surface area contributed by atoms with E-state index < -0.39 is 4.92 Å². The van der Waals surface area contributed by atoms with Gasteiger partial charge in [-0.2, -0.15) is 0 Å². The van der Waals surface area contributed by atoms with E-state index in [1.807, 2.05) is 0 Å². The Kier molecular flexibility index (Phi) is 4.45. The number of nitrogens with zero attached hydrogens (tertiary/aromatic N) is 3. The SMILES string of the molecule is C[C@@H]1CCCN(C(=O)c2ccc(N(C)C)c([N+](=O)[O-])c2)C1. The molecule has 6 nitrogen and oxygen atoms in total.